The summed E-state index contributed by atoms with van der Waals surface area (Å²) in [5.74, 6) is 0. The highest BCUT2D eigenvalue weighted by Crippen LogP contribution is 2.40. The number of ether oxygens (including phenoxy) is 1. The minimum atomic E-state index is 0.185. The highest BCUT2D eigenvalue weighted by Gasteiger charge is 2.46. The molecule has 0 saturated carbocycles. The van der Waals surface area contributed by atoms with Crippen molar-refractivity contribution in [1.82, 2.24) is 4.90 Å². The van der Waals surface area contributed by atoms with Crippen LogP contribution in [0.25, 0.3) is 0 Å². The van der Waals surface area contributed by atoms with Crippen molar-refractivity contribution in [2.45, 2.75) is 64.7 Å². The highest BCUT2D eigenvalue weighted by molar-refractivity contribution is 5.01. The molecule has 0 radical (unpaired) electrons. The van der Waals surface area contributed by atoms with Crippen molar-refractivity contribution in [1.29, 1.82) is 0 Å². The lowest BCUT2D eigenvalue weighted by atomic mass is 9.82. The molecule has 0 spiro atoms. The van der Waals surface area contributed by atoms with E-state index in [1.165, 1.54) is 19.5 Å². The van der Waals surface area contributed by atoms with Gasteiger partial charge in [-0.1, -0.05) is 13.8 Å². The third-order valence-electron chi connectivity index (χ3n) is 4.53. The average molecular weight is 240 g/mol. The van der Waals surface area contributed by atoms with E-state index >= 15 is 0 Å². The van der Waals surface area contributed by atoms with Crippen LogP contribution in [0, 0.1) is 5.41 Å². The van der Waals surface area contributed by atoms with Crippen molar-refractivity contribution < 1.29 is 4.74 Å². The van der Waals surface area contributed by atoms with Gasteiger partial charge in [0.05, 0.1) is 12.2 Å². The predicted octanol–water partition coefficient (Wildman–Crippen LogP) is 2.00. The summed E-state index contributed by atoms with van der Waals surface area (Å²) in [4.78, 5) is 2.64. The second-order valence-corrected chi connectivity index (χ2v) is 6.93. The fourth-order valence-corrected chi connectivity index (χ4v) is 3.72. The lowest BCUT2D eigenvalue weighted by molar-refractivity contribution is -0.0997. The van der Waals surface area contributed by atoms with Gasteiger partial charge in [-0.15, -0.1) is 0 Å². The van der Waals surface area contributed by atoms with E-state index in [1.807, 2.05) is 0 Å². The SMILES string of the molecule is CC1CC(CN)(N2CCC(C)(C)C2)CC(C)O1. The molecule has 2 rings (SSSR count). The van der Waals surface area contributed by atoms with Gasteiger partial charge < -0.3 is 10.5 Å². The van der Waals surface area contributed by atoms with E-state index in [4.69, 9.17) is 10.5 Å². The van der Waals surface area contributed by atoms with Crippen LogP contribution in [-0.4, -0.2) is 42.3 Å². The molecule has 3 heteroatoms. The zero-order chi connectivity index (χ0) is 12.7. The number of likely N-dealkylation sites (tertiary alicyclic amines) is 1. The fraction of sp³-hybridized carbons (Fsp3) is 1.00. The van der Waals surface area contributed by atoms with E-state index < -0.39 is 0 Å². The van der Waals surface area contributed by atoms with Gasteiger partial charge in [0.2, 0.25) is 0 Å². The molecule has 17 heavy (non-hydrogen) atoms. The van der Waals surface area contributed by atoms with Gasteiger partial charge in [-0.2, -0.15) is 0 Å². The van der Waals surface area contributed by atoms with Crippen LogP contribution >= 0.6 is 0 Å². The van der Waals surface area contributed by atoms with Gasteiger partial charge in [-0.05, 0) is 45.1 Å². The highest BCUT2D eigenvalue weighted by atomic mass is 16.5. The number of rotatable bonds is 2. The molecule has 2 fully saturated rings. The van der Waals surface area contributed by atoms with Crippen LogP contribution in [-0.2, 0) is 4.74 Å². The second kappa shape index (κ2) is 4.52. The fourth-order valence-electron chi connectivity index (χ4n) is 3.72. The molecule has 2 N–H and O–H groups in total. The Morgan fingerprint density at radius 2 is 1.82 bits per heavy atom. The predicted molar refractivity (Wildman–Crippen MR) is 71.0 cm³/mol. The number of nitrogens with two attached hydrogens (primary N) is 1. The molecule has 2 saturated heterocycles. The molecule has 2 aliphatic rings. The Hall–Kier alpha value is -0.120. The topological polar surface area (TPSA) is 38.5 Å². The van der Waals surface area contributed by atoms with Crippen molar-refractivity contribution in [2.24, 2.45) is 11.1 Å². The van der Waals surface area contributed by atoms with E-state index in [0.29, 0.717) is 17.6 Å². The molecule has 100 valence electrons. The Morgan fingerprint density at radius 3 is 2.24 bits per heavy atom. The van der Waals surface area contributed by atoms with Crippen molar-refractivity contribution >= 4 is 0 Å². The Morgan fingerprint density at radius 1 is 1.24 bits per heavy atom. The smallest absolute Gasteiger partial charge is 0.0568 e. The maximum absolute atomic E-state index is 6.13. The first-order valence-electron chi connectivity index (χ1n) is 6.97. The van der Waals surface area contributed by atoms with Crippen molar-refractivity contribution in [3.8, 4) is 0 Å². The van der Waals surface area contributed by atoms with Crippen LogP contribution < -0.4 is 5.73 Å². The summed E-state index contributed by atoms with van der Waals surface area (Å²) in [5, 5.41) is 0. The molecule has 2 atom stereocenters. The van der Waals surface area contributed by atoms with Crippen LogP contribution in [0.5, 0.6) is 0 Å². The Kier molecular flexibility index (Phi) is 3.54. The van der Waals surface area contributed by atoms with E-state index in [2.05, 4.69) is 32.6 Å². The van der Waals surface area contributed by atoms with Gasteiger partial charge in [0.15, 0.2) is 0 Å². The normalized spacial score (nSPS) is 42.9. The van der Waals surface area contributed by atoms with Crippen molar-refractivity contribution in [2.75, 3.05) is 19.6 Å². The van der Waals surface area contributed by atoms with Crippen LogP contribution in [0.15, 0.2) is 0 Å². The summed E-state index contributed by atoms with van der Waals surface area (Å²) in [6, 6.07) is 0. The Labute approximate surface area is 106 Å². The Balaban J connectivity index is 2.14. The summed E-state index contributed by atoms with van der Waals surface area (Å²) in [6.07, 6.45) is 4.14. The van der Waals surface area contributed by atoms with Gasteiger partial charge in [-0.25, -0.2) is 0 Å². The maximum Gasteiger partial charge on any atom is 0.0568 e. The van der Waals surface area contributed by atoms with E-state index in [0.717, 1.165) is 19.4 Å². The number of hydrogen-bond donors (Lipinski definition) is 1. The zero-order valence-corrected chi connectivity index (χ0v) is 11.8. The first-order chi connectivity index (χ1) is 7.87. The lowest BCUT2D eigenvalue weighted by Crippen LogP contribution is -2.59. The van der Waals surface area contributed by atoms with E-state index in [-0.39, 0.29) is 5.54 Å². The van der Waals surface area contributed by atoms with Crippen LogP contribution in [0.4, 0.5) is 0 Å². The zero-order valence-electron chi connectivity index (χ0n) is 11.8. The summed E-state index contributed by atoms with van der Waals surface area (Å²) in [6.45, 7) is 12.2. The third-order valence-corrected chi connectivity index (χ3v) is 4.53. The largest absolute Gasteiger partial charge is 0.375 e. The van der Waals surface area contributed by atoms with Gasteiger partial charge in [0.1, 0.15) is 0 Å². The van der Waals surface area contributed by atoms with Crippen molar-refractivity contribution in [3.05, 3.63) is 0 Å². The standard InChI is InChI=1S/C14H28N2O/c1-11-7-14(9-15,8-12(2)17-11)16-6-5-13(3,4)10-16/h11-12H,5-10,15H2,1-4H3. The summed E-state index contributed by atoms with van der Waals surface area (Å²) < 4.78 is 5.87. The molecule has 2 heterocycles. The molecular weight excluding hydrogens is 212 g/mol. The molecule has 0 aliphatic carbocycles. The molecule has 0 bridgehead atoms. The molecule has 3 nitrogen and oxygen atoms in total. The van der Waals surface area contributed by atoms with E-state index in [9.17, 15) is 0 Å². The monoisotopic (exact) mass is 240 g/mol. The molecule has 0 aromatic rings. The Bertz CT molecular complexity index is 267. The molecule has 0 amide bonds. The first kappa shape index (κ1) is 13.3. The van der Waals surface area contributed by atoms with Crippen LogP contribution in [0.1, 0.15) is 47.0 Å². The van der Waals surface area contributed by atoms with Gasteiger partial charge in [0, 0.05) is 18.6 Å². The minimum Gasteiger partial charge on any atom is -0.375 e. The molecular formula is C14H28N2O. The molecule has 0 aromatic carbocycles. The lowest BCUT2D eigenvalue weighted by Gasteiger charge is -2.48. The molecule has 2 aliphatic heterocycles. The summed E-state index contributed by atoms with van der Waals surface area (Å²) >= 11 is 0. The minimum absolute atomic E-state index is 0.185. The quantitative estimate of drug-likeness (QED) is 0.802. The third kappa shape index (κ3) is 2.67. The van der Waals surface area contributed by atoms with Gasteiger partial charge in [0.25, 0.3) is 0 Å². The maximum atomic E-state index is 6.13. The van der Waals surface area contributed by atoms with Crippen LogP contribution in [0.3, 0.4) is 0 Å². The van der Waals surface area contributed by atoms with Crippen molar-refractivity contribution in [3.63, 3.8) is 0 Å². The second-order valence-electron chi connectivity index (χ2n) is 6.93. The molecule has 2 unspecified atom stereocenters. The first-order valence-corrected chi connectivity index (χ1v) is 6.97. The van der Waals surface area contributed by atoms with Crippen LogP contribution in [0.2, 0.25) is 0 Å². The van der Waals surface area contributed by atoms with E-state index in [1.54, 1.807) is 0 Å². The molecule has 0 aromatic heterocycles. The summed E-state index contributed by atoms with van der Waals surface area (Å²) in [7, 11) is 0. The summed E-state index contributed by atoms with van der Waals surface area (Å²) in [5.41, 5.74) is 6.77. The number of nitrogens with zero attached hydrogens (tertiary/aromatic N) is 1. The van der Waals surface area contributed by atoms with Gasteiger partial charge in [-0.3, -0.25) is 4.90 Å². The average Bonchev–Trinajstić information content (AvgIpc) is 2.57. The number of hydrogen-bond acceptors (Lipinski definition) is 3. The van der Waals surface area contributed by atoms with Gasteiger partial charge >= 0.3 is 0 Å².